The van der Waals surface area contributed by atoms with Crippen molar-refractivity contribution < 1.29 is 24.9 Å². The van der Waals surface area contributed by atoms with Gasteiger partial charge in [0.1, 0.15) is 6.04 Å². The van der Waals surface area contributed by atoms with Crippen molar-refractivity contribution in [1.29, 1.82) is 0 Å². The van der Waals surface area contributed by atoms with E-state index >= 15 is 0 Å². The van der Waals surface area contributed by atoms with E-state index in [1.54, 1.807) is 0 Å². The Bertz CT molecular complexity index is 254. The van der Waals surface area contributed by atoms with E-state index in [1.165, 1.54) is 11.9 Å². The Morgan fingerprint density at radius 3 is 2.00 bits per heavy atom. The molecule has 0 bridgehead atoms. The normalized spacial score (nSPS) is 15.1. The third-order valence-corrected chi connectivity index (χ3v) is 2.26. The molecule has 0 aromatic carbocycles. The maximum atomic E-state index is 11.0. The Kier molecular flexibility index (Phi) is 5.98. The number of carbonyl (C=O) groups is 2. The molecule has 3 N–H and O–H groups in total. The van der Waals surface area contributed by atoms with Gasteiger partial charge in [0.05, 0.1) is 0 Å². The van der Waals surface area contributed by atoms with Gasteiger partial charge in [-0.05, 0) is 19.4 Å². The number of hydrogen-bond acceptors (Lipinski definition) is 4. The number of aliphatic hydroxyl groups is 1. The van der Waals surface area contributed by atoms with Crippen LogP contribution >= 0.6 is 0 Å². The summed E-state index contributed by atoms with van der Waals surface area (Å²) in [5.74, 6) is -2.17. The molecule has 0 radical (unpaired) electrons. The lowest BCUT2D eigenvalue weighted by molar-refractivity contribution is -0.151. The van der Waals surface area contributed by atoms with Crippen molar-refractivity contribution in [2.45, 2.75) is 32.4 Å². The number of hydrogen-bond donors (Lipinski definition) is 3. The first-order valence-corrected chi connectivity index (χ1v) is 5.09. The topological polar surface area (TPSA) is 98.1 Å². The molecule has 0 heterocycles. The molecular formula is C10H19NO5. The fraction of sp³-hybridized carbons (Fsp3) is 0.800. The van der Waals surface area contributed by atoms with Crippen molar-refractivity contribution in [3.8, 4) is 0 Å². The Morgan fingerprint density at radius 2 is 1.69 bits per heavy atom. The van der Waals surface area contributed by atoms with Gasteiger partial charge in [-0.2, -0.15) is 0 Å². The average Bonchev–Trinajstić information content (AvgIpc) is 2.12. The molecule has 94 valence electrons. The molecule has 0 spiro atoms. The largest absolute Gasteiger partial charge is 0.480 e. The van der Waals surface area contributed by atoms with Crippen LogP contribution in [0, 0.1) is 5.92 Å². The van der Waals surface area contributed by atoms with Crippen molar-refractivity contribution in [1.82, 2.24) is 4.90 Å². The number of carboxylic acid groups (broad SMARTS) is 2. The zero-order chi connectivity index (χ0) is 12.9. The second-order valence-corrected chi connectivity index (χ2v) is 4.28. The molecule has 6 heteroatoms. The summed E-state index contributed by atoms with van der Waals surface area (Å²) in [6.07, 6.45) is -1.14. The van der Waals surface area contributed by atoms with E-state index in [0.29, 0.717) is 6.42 Å². The third kappa shape index (κ3) is 5.09. The van der Waals surface area contributed by atoms with Crippen LogP contribution < -0.4 is 0 Å². The van der Waals surface area contributed by atoms with E-state index in [9.17, 15) is 9.59 Å². The molecule has 16 heavy (non-hydrogen) atoms. The van der Waals surface area contributed by atoms with Crippen LogP contribution in [0.25, 0.3) is 0 Å². The minimum absolute atomic E-state index is 0.186. The number of aliphatic hydroxyl groups excluding tert-OH is 1. The molecule has 0 amide bonds. The minimum atomic E-state index is -1.56. The van der Waals surface area contributed by atoms with E-state index < -0.39 is 24.1 Å². The van der Waals surface area contributed by atoms with Gasteiger partial charge in [0.2, 0.25) is 0 Å². The van der Waals surface area contributed by atoms with Gasteiger partial charge in [-0.3, -0.25) is 9.69 Å². The summed E-state index contributed by atoms with van der Waals surface area (Å²) < 4.78 is 0. The molecule has 0 aliphatic heterocycles. The van der Waals surface area contributed by atoms with Gasteiger partial charge >= 0.3 is 11.9 Å². The monoisotopic (exact) mass is 233 g/mol. The Labute approximate surface area is 94.5 Å². The van der Waals surface area contributed by atoms with Crippen LogP contribution in [0.5, 0.6) is 0 Å². The maximum Gasteiger partial charge on any atom is 0.333 e. The minimum Gasteiger partial charge on any atom is -0.480 e. The summed E-state index contributed by atoms with van der Waals surface area (Å²) in [5, 5.41) is 26.6. The van der Waals surface area contributed by atoms with E-state index in [2.05, 4.69) is 0 Å². The number of rotatable bonds is 7. The molecule has 6 nitrogen and oxygen atoms in total. The highest BCUT2D eigenvalue weighted by Crippen LogP contribution is 2.11. The molecule has 0 aliphatic carbocycles. The van der Waals surface area contributed by atoms with Crippen LogP contribution in [0.15, 0.2) is 0 Å². The van der Waals surface area contributed by atoms with Crippen molar-refractivity contribution >= 4 is 11.9 Å². The highest BCUT2D eigenvalue weighted by Gasteiger charge is 2.26. The molecular weight excluding hydrogens is 214 g/mol. The summed E-state index contributed by atoms with van der Waals surface area (Å²) in [5.41, 5.74) is 0. The van der Waals surface area contributed by atoms with Crippen LogP contribution in [0.1, 0.15) is 20.3 Å². The fourth-order valence-electron chi connectivity index (χ4n) is 1.39. The van der Waals surface area contributed by atoms with Gasteiger partial charge in [0.25, 0.3) is 0 Å². The number of nitrogens with zero attached hydrogens (tertiary/aromatic N) is 1. The third-order valence-electron chi connectivity index (χ3n) is 2.26. The summed E-state index contributed by atoms with van der Waals surface area (Å²) >= 11 is 0. The van der Waals surface area contributed by atoms with Crippen molar-refractivity contribution in [2.24, 2.45) is 5.92 Å². The van der Waals surface area contributed by atoms with Crippen LogP contribution in [0.2, 0.25) is 0 Å². The summed E-state index contributed by atoms with van der Waals surface area (Å²) in [6.45, 7) is 3.58. The highest BCUT2D eigenvalue weighted by atomic mass is 16.4. The van der Waals surface area contributed by atoms with Crippen molar-refractivity contribution in [3.05, 3.63) is 0 Å². The number of aliphatic carboxylic acids is 2. The molecule has 0 saturated carbocycles. The van der Waals surface area contributed by atoms with Crippen LogP contribution in [0.3, 0.4) is 0 Å². The number of carboxylic acids is 2. The standard InChI is InChI=1S/C10H19NO5/c1-6(2)4-7(9(13)14)11(3)5-8(12)10(15)16/h6-8,12H,4-5H2,1-3H3,(H,13,14)(H,15,16)/t7-,8+/m1/s1. The van der Waals surface area contributed by atoms with Crippen LogP contribution in [0.4, 0.5) is 0 Å². The van der Waals surface area contributed by atoms with E-state index in [1.807, 2.05) is 13.8 Å². The smallest absolute Gasteiger partial charge is 0.333 e. The van der Waals surface area contributed by atoms with Gasteiger partial charge in [-0.25, -0.2) is 4.79 Å². The quantitative estimate of drug-likeness (QED) is 0.566. The first-order valence-electron chi connectivity index (χ1n) is 5.09. The SMILES string of the molecule is CC(C)C[C@H](C(=O)O)N(C)C[C@H](O)C(=O)O. The molecule has 0 aromatic heterocycles. The molecule has 2 atom stereocenters. The highest BCUT2D eigenvalue weighted by molar-refractivity contribution is 5.74. The summed E-state index contributed by atoms with van der Waals surface area (Å²) in [6, 6.07) is -0.769. The summed E-state index contributed by atoms with van der Waals surface area (Å²) in [7, 11) is 1.49. The Balaban J connectivity index is 4.44. The zero-order valence-electron chi connectivity index (χ0n) is 9.75. The van der Waals surface area contributed by atoms with E-state index in [4.69, 9.17) is 15.3 Å². The number of likely N-dealkylation sites (N-methyl/N-ethyl adjacent to an activating group) is 1. The van der Waals surface area contributed by atoms with Gasteiger partial charge in [0, 0.05) is 6.54 Å². The molecule has 0 aromatic rings. The van der Waals surface area contributed by atoms with Gasteiger partial charge < -0.3 is 15.3 Å². The second-order valence-electron chi connectivity index (χ2n) is 4.28. The van der Waals surface area contributed by atoms with Crippen molar-refractivity contribution in [2.75, 3.05) is 13.6 Å². The van der Waals surface area contributed by atoms with Gasteiger partial charge in [-0.1, -0.05) is 13.8 Å². The fourth-order valence-corrected chi connectivity index (χ4v) is 1.39. The first kappa shape index (κ1) is 14.9. The molecule has 0 fully saturated rings. The lowest BCUT2D eigenvalue weighted by Crippen LogP contribution is -2.45. The molecule has 0 unspecified atom stereocenters. The zero-order valence-corrected chi connectivity index (χ0v) is 9.75. The summed E-state index contributed by atoms with van der Waals surface area (Å²) in [4.78, 5) is 22.7. The lowest BCUT2D eigenvalue weighted by atomic mass is 10.0. The van der Waals surface area contributed by atoms with E-state index in [-0.39, 0.29) is 12.5 Å². The Hall–Kier alpha value is -1.14. The Morgan fingerprint density at radius 1 is 1.19 bits per heavy atom. The van der Waals surface area contributed by atoms with Crippen molar-refractivity contribution in [3.63, 3.8) is 0 Å². The lowest BCUT2D eigenvalue weighted by Gasteiger charge is -2.26. The maximum absolute atomic E-state index is 11.0. The molecule has 0 rings (SSSR count). The molecule has 0 aliphatic rings. The van der Waals surface area contributed by atoms with Gasteiger partial charge in [0.15, 0.2) is 6.10 Å². The van der Waals surface area contributed by atoms with Gasteiger partial charge in [-0.15, -0.1) is 0 Å². The first-order chi connectivity index (χ1) is 7.25. The average molecular weight is 233 g/mol. The van der Waals surface area contributed by atoms with E-state index in [0.717, 1.165) is 0 Å². The van der Waals surface area contributed by atoms with Crippen LogP contribution in [-0.2, 0) is 9.59 Å². The van der Waals surface area contributed by atoms with Crippen LogP contribution in [-0.4, -0.2) is 57.9 Å². The second kappa shape index (κ2) is 6.44. The molecule has 0 saturated heterocycles. The predicted octanol–water partition coefficient (Wildman–Crippen LogP) is -0.137. The predicted molar refractivity (Wildman–Crippen MR) is 57.2 cm³/mol.